The van der Waals surface area contributed by atoms with Crippen LogP contribution in [-0.2, 0) is 23.7 Å². The molecule has 7 aliphatic rings. The molecular weight excluding hydrogens is 684 g/mol. The second-order valence-corrected chi connectivity index (χ2v) is 20.2. The summed E-state index contributed by atoms with van der Waals surface area (Å²) in [5.74, 6) is 0.218. The Kier molecular flexibility index (Phi) is 10.2. The summed E-state index contributed by atoms with van der Waals surface area (Å²) >= 11 is 0. The van der Waals surface area contributed by atoms with Crippen LogP contribution in [0.4, 0.5) is 0 Å². The van der Waals surface area contributed by atoms with Gasteiger partial charge in [-0.2, -0.15) is 0 Å². The smallest absolute Gasteiger partial charge is 0.310 e. The topological polar surface area (TPSA) is 196 Å². The second kappa shape index (κ2) is 13.5. The van der Waals surface area contributed by atoms with Crippen molar-refractivity contribution >= 4 is 5.97 Å². The van der Waals surface area contributed by atoms with Crippen LogP contribution in [0.5, 0.6) is 0 Å². The lowest BCUT2D eigenvalue weighted by atomic mass is 9.33. The van der Waals surface area contributed by atoms with Crippen LogP contribution < -0.4 is 0 Å². The summed E-state index contributed by atoms with van der Waals surface area (Å²) in [7, 11) is 0. The lowest BCUT2D eigenvalue weighted by molar-refractivity contribution is -0.351. The van der Waals surface area contributed by atoms with Gasteiger partial charge in [0.15, 0.2) is 12.6 Å². The van der Waals surface area contributed by atoms with Crippen LogP contribution >= 0.6 is 0 Å². The van der Waals surface area contributed by atoms with Gasteiger partial charge in [0, 0.05) is 0 Å². The van der Waals surface area contributed by atoms with Crippen LogP contribution in [0.1, 0.15) is 113 Å². The van der Waals surface area contributed by atoms with Gasteiger partial charge in [0.25, 0.3) is 0 Å². The first-order valence-corrected chi connectivity index (χ1v) is 20.2. The standard InChI is InChI=1S/C41H66O12/c1-36(2)14-16-41(35(48)49)17-15-39(6)21(22(41)18-36)8-9-26-38(5)12-11-27(37(3,4)25(38)10-13-40(26,39)7)53-33-31(46)29(44)24(20-50-33)52-34-32(47)30(45)28(43)23(19-42)51-34/h8,22-34,42-47H,9-20H2,1-7H3,(H,48,49)/t22?,23-,24+,25?,26?,27+,28-,29-,30-,31-,32-,33+,34+,38+,39?,40-,41+/m1/s1. The Balaban J connectivity index is 1.06. The molecule has 2 saturated heterocycles. The summed E-state index contributed by atoms with van der Waals surface area (Å²) in [5.41, 5.74) is 0.584. The number of fused-ring (bicyclic) bond motifs is 7. The Hall–Kier alpha value is -1.19. The Morgan fingerprint density at radius 1 is 0.792 bits per heavy atom. The molecule has 12 heteroatoms. The number of allylic oxidation sites excluding steroid dienone is 2. The Morgan fingerprint density at radius 3 is 2.15 bits per heavy atom. The van der Waals surface area contributed by atoms with E-state index in [-0.39, 0.29) is 45.7 Å². The monoisotopic (exact) mass is 750 g/mol. The van der Waals surface area contributed by atoms with Gasteiger partial charge < -0.3 is 54.7 Å². The van der Waals surface area contributed by atoms with Gasteiger partial charge in [-0.1, -0.05) is 60.1 Å². The first-order chi connectivity index (χ1) is 24.7. The van der Waals surface area contributed by atoms with Crippen LogP contribution in [0.25, 0.3) is 0 Å². The molecule has 0 aromatic carbocycles. The van der Waals surface area contributed by atoms with E-state index in [0.717, 1.165) is 64.2 Å². The van der Waals surface area contributed by atoms with Crippen LogP contribution in [-0.4, -0.2) is 116 Å². The van der Waals surface area contributed by atoms with Crippen LogP contribution in [0.3, 0.4) is 0 Å². The fourth-order valence-corrected chi connectivity index (χ4v) is 13.4. The van der Waals surface area contributed by atoms with E-state index in [2.05, 4.69) is 54.5 Å². The van der Waals surface area contributed by atoms with Crippen LogP contribution in [0.2, 0.25) is 0 Å². The molecule has 17 atom stereocenters. The third kappa shape index (κ3) is 5.94. The lowest BCUT2D eigenvalue weighted by Gasteiger charge is -2.71. The quantitative estimate of drug-likeness (QED) is 0.155. The molecule has 7 rings (SSSR count). The predicted octanol–water partition coefficient (Wildman–Crippen LogP) is 3.52. The molecule has 0 bridgehead atoms. The summed E-state index contributed by atoms with van der Waals surface area (Å²) in [5, 5.41) is 73.2. The largest absolute Gasteiger partial charge is 0.481 e. The van der Waals surface area contributed by atoms with Gasteiger partial charge >= 0.3 is 5.97 Å². The van der Waals surface area contributed by atoms with Gasteiger partial charge in [-0.15, -0.1) is 0 Å². The van der Waals surface area contributed by atoms with Gasteiger partial charge in [-0.05, 0) is 109 Å². The molecule has 0 spiro atoms. The van der Waals surface area contributed by atoms with E-state index in [0.29, 0.717) is 11.8 Å². The first kappa shape index (κ1) is 40.0. The van der Waals surface area contributed by atoms with Crippen molar-refractivity contribution in [2.24, 2.45) is 50.2 Å². The van der Waals surface area contributed by atoms with Crippen molar-refractivity contribution in [1.29, 1.82) is 0 Å². The molecule has 12 nitrogen and oxygen atoms in total. The summed E-state index contributed by atoms with van der Waals surface area (Å²) in [4.78, 5) is 13.0. The first-order valence-electron chi connectivity index (χ1n) is 20.2. The van der Waals surface area contributed by atoms with E-state index >= 15 is 0 Å². The minimum atomic E-state index is -1.65. The highest BCUT2D eigenvalue weighted by Crippen LogP contribution is 2.76. The molecule has 4 unspecified atom stereocenters. The lowest BCUT2D eigenvalue weighted by Crippen LogP contribution is -2.66. The van der Waals surface area contributed by atoms with Crippen molar-refractivity contribution < 1.29 is 59.5 Å². The van der Waals surface area contributed by atoms with Crippen molar-refractivity contribution in [3.05, 3.63) is 11.6 Å². The van der Waals surface area contributed by atoms with Gasteiger partial charge in [0.2, 0.25) is 0 Å². The fraction of sp³-hybridized carbons (Fsp3) is 0.927. The summed E-state index contributed by atoms with van der Waals surface area (Å²) in [6.45, 7) is 15.8. The highest BCUT2D eigenvalue weighted by atomic mass is 16.7. The van der Waals surface area contributed by atoms with Gasteiger partial charge in [-0.25, -0.2) is 0 Å². The normalized spacial score (nSPS) is 53.3. The Labute approximate surface area is 314 Å². The van der Waals surface area contributed by atoms with E-state index in [1.165, 1.54) is 5.57 Å². The molecule has 0 aromatic rings. The van der Waals surface area contributed by atoms with Gasteiger partial charge in [-0.3, -0.25) is 4.79 Å². The molecule has 53 heavy (non-hydrogen) atoms. The zero-order valence-corrected chi connectivity index (χ0v) is 32.7. The minimum absolute atomic E-state index is 0.0183. The number of aliphatic carboxylic acids is 1. The maximum atomic E-state index is 13.0. The number of carboxylic acid groups (broad SMARTS) is 1. The highest BCUT2D eigenvalue weighted by molar-refractivity contribution is 5.76. The Morgan fingerprint density at radius 2 is 1.47 bits per heavy atom. The van der Waals surface area contributed by atoms with Crippen molar-refractivity contribution in [2.75, 3.05) is 13.2 Å². The average Bonchev–Trinajstić information content (AvgIpc) is 3.09. The minimum Gasteiger partial charge on any atom is -0.481 e. The van der Waals surface area contributed by atoms with E-state index in [1.807, 2.05) is 0 Å². The highest BCUT2D eigenvalue weighted by Gasteiger charge is 2.69. The Bertz CT molecular complexity index is 1430. The number of carboxylic acids is 1. The molecule has 0 aromatic heterocycles. The molecule has 2 aliphatic heterocycles. The van der Waals surface area contributed by atoms with E-state index in [4.69, 9.17) is 18.9 Å². The van der Waals surface area contributed by atoms with E-state index in [1.54, 1.807) is 0 Å². The maximum absolute atomic E-state index is 13.0. The van der Waals surface area contributed by atoms with Crippen molar-refractivity contribution in [2.45, 2.75) is 174 Å². The fourth-order valence-electron chi connectivity index (χ4n) is 13.4. The van der Waals surface area contributed by atoms with E-state index in [9.17, 15) is 40.5 Å². The number of hydrogen-bond acceptors (Lipinski definition) is 11. The molecule has 0 radical (unpaired) electrons. The zero-order chi connectivity index (χ0) is 38.7. The summed E-state index contributed by atoms with van der Waals surface area (Å²) < 4.78 is 23.7. The van der Waals surface area contributed by atoms with Crippen LogP contribution in [0.15, 0.2) is 11.6 Å². The van der Waals surface area contributed by atoms with Gasteiger partial charge in [0.1, 0.15) is 42.7 Å². The third-order valence-corrected chi connectivity index (χ3v) is 16.9. The number of ether oxygens (including phenoxy) is 4. The molecule has 302 valence electrons. The van der Waals surface area contributed by atoms with Crippen LogP contribution in [0, 0.1) is 50.2 Å². The average molecular weight is 751 g/mol. The summed E-state index contributed by atoms with van der Waals surface area (Å²) in [6.07, 6.45) is -1.38. The number of aliphatic hydroxyl groups is 6. The molecule has 5 aliphatic carbocycles. The van der Waals surface area contributed by atoms with Crippen molar-refractivity contribution in [3.63, 3.8) is 0 Å². The van der Waals surface area contributed by atoms with Crippen molar-refractivity contribution in [1.82, 2.24) is 0 Å². The molecular formula is C41H66O12. The van der Waals surface area contributed by atoms with Gasteiger partial charge in [0.05, 0.1) is 24.7 Å². The predicted molar refractivity (Wildman–Crippen MR) is 192 cm³/mol. The zero-order valence-electron chi connectivity index (χ0n) is 32.7. The second-order valence-electron chi connectivity index (χ2n) is 20.2. The molecule has 6 fully saturated rings. The number of carbonyl (C=O) groups is 1. The number of aliphatic hydroxyl groups excluding tert-OH is 6. The molecule has 0 amide bonds. The summed E-state index contributed by atoms with van der Waals surface area (Å²) in [6, 6.07) is 0. The molecule has 7 N–H and O–H groups in total. The molecule has 4 saturated carbocycles. The number of rotatable bonds is 6. The van der Waals surface area contributed by atoms with Crippen molar-refractivity contribution in [3.8, 4) is 0 Å². The number of hydrogen-bond donors (Lipinski definition) is 7. The maximum Gasteiger partial charge on any atom is 0.310 e. The SMILES string of the molecule is CC1(C)CC[C@]2(C(=O)O)CCC3(C)C(=CCC4[C@@]5(C)CC[C@H](O[C@@H]6OC[C@H](O[C@@H]7O[C@H](CO)[C@@H](O)[C@@H](O)[C@H]7O)[C@@H](O)[C@H]6O)C(C)(C)C5CC[C@]43C)C2C1. The third-order valence-electron chi connectivity index (χ3n) is 16.9. The molecule has 2 heterocycles. The van der Waals surface area contributed by atoms with E-state index < -0.39 is 73.3 Å².